The van der Waals surface area contributed by atoms with Crippen LogP contribution in [0.3, 0.4) is 0 Å². The fraction of sp³-hybridized carbons (Fsp3) is 1.00. The van der Waals surface area contributed by atoms with Crippen molar-refractivity contribution in [2.24, 2.45) is 0 Å². The number of sulfone groups is 1. The van der Waals surface area contributed by atoms with E-state index in [1.165, 1.54) is 6.26 Å². The lowest BCUT2D eigenvalue weighted by Crippen LogP contribution is -2.50. The van der Waals surface area contributed by atoms with Crippen molar-refractivity contribution in [2.75, 3.05) is 37.5 Å². The summed E-state index contributed by atoms with van der Waals surface area (Å²) in [5.74, 6) is 0.473. The Morgan fingerprint density at radius 2 is 2.05 bits per heavy atom. The van der Waals surface area contributed by atoms with Crippen LogP contribution in [0.2, 0.25) is 0 Å². The first kappa shape index (κ1) is 17.5. The second-order valence-corrected chi connectivity index (χ2v) is 9.56. The minimum atomic E-state index is -2.89. The molecule has 0 aromatic rings. The number of hydrogen-bond donors (Lipinski definition) is 1. The van der Waals surface area contributed by atoms with Gasteiger partial charge in [0.05, 0.1) is 19.0 Å². The second-order valence-electron chi connectivity index (χ2n) is 5.95. The SMILES string of the molecule is CCCNC1CCC2(CC1SCCS(C)(=O)=O)OCCO2. The van der Waals surface area contributed by atoms with Gasteiger partial charge in [0, 0.05) is 36.1 Å². The highest BCUT2D eigenvalue weighted by Crippen LogP contribution is 2.40. The highest BCUT2D eigenvalue weighted by atomic mass is 32.2. The molecule has 0 aromatic heterocycles. The van der Waals surface area contributed by atoms with E-state index in [2.05, 4.69) is 12.2 Å². The van der Waals surface area contributed by atoms with Gasteiger partial charge in [-0.1, -0.05) is 6.92 Å². The molecule has 1 saturated carbocycles. The largest absolute Gasteiger partial charge is 0.347 e. The van der Waals surface area contributed by atoms with Gasteiger partial charge in [-0.15, -0.1) is 0 Å². The molecule has 1 aliphatic heterocycles. The standard InChI is InChI=1S/C14H27NO4S2/c1-3-6-15-12-4-5-14(18-7-8-19-14)11-13(12)20-9-10-21(2,16)17/h12-13,15H,3-11H2,1-2H3. The molecular formula is C14H27NO4S2. The van der Waals surface area contributed by atoms with E-state index in [-0.39, 0.29) is 5.75 Å². The lowest BCUT2D eigenvalue weighted by atomic mass is 9.89. The molecule has 2 unspecified atom stereocenters. The maximum absolute atomic E-state index is 11.3. The van der Waals surface area contributed by atoms with Crippen molar-refractivity contribution in [3.05, 3.63) is 0 Å². The molecule has 0 bridgehead atoms. The van der Waals surface area contributed by atoms with Crippen LogP contribution >= 0.6 is 11.8 Å². The summed E-state index contributed by atoms with van der Waals surface area (Å²) in [6.45, 7) is 4.51. The van der Waals surface area contributed by atoms with Crippen LogP contribution in [0.4, 0.5) is 0 Å². The predicted octanol–water partition coefficient (Wildman–Crippen LogP) is 1.43. The number of rotatable bonds is 7. The lowest BCUT2D eigenvalue weighted by Gasteiger charge is -2.41. The Balaban J connectivity index is 1.91. The summed E-state index contributed by atoms with van der Waals surface area (Å²) >= 11 is 1.74. The predicted molar refractivity (Wildman–Crippen MR) is 86.5 cm³/mol. The highest BCUT2D eigenvalue weighted by Gasteiger charge is 2.45. The first-order chi connectivity index (χ1) is 9.94. The normalized spacial score (nSPS) is 29.0. The van der Waals surface area contributed by atoms with E-state index in [0.717, 1.165) is 32.2 Å². The van der Waals surface area contributed by atoms with Crippen molar-refractivity contribution >= 4 is 21.6 Å². The van der Waals surface area contributed by atoms with Gasteiger partial charge in [-0.05, 0) is 19.4 Å². The van der Waals surface area contributed by atoms with E-state index in [1.54, 1.807) is 11.8 Å². The Morgan fingerprint density at radius 1 is 1.33 bits per heavy atom. The van der Waals surface area contributed by atoms with E-state index in [4.69, 9.17) is 9.47 Å². The Kier molecular flexibility index (Phi) is 6.38. The van der Waals surface area contributed by atoms with Gasteiger partial charge in [-0.2, -0.15) is 11.8 Å². The minimum Gasteiger partial charge on any atom is -0.347 e. The zero-order chi connectivity index (χ0) is 15.3. The third-order valence-electron chi connectivity index (χ3n) is 4.05. The molecule has 2 rings (SSSR count). The van der Waals surface area contributed by atoms with Gasteiger partial charge in [0.25, 0.3) is 0 Å². The van der Waals surface area contributed by atoms with Crippen molar-refractivity contribution in [3.63, 3.8) is 0 Å². The fourth-order valence-electron chi connectivity index (χ4n) is 2.96. The molecule has 124 valence electrons. The average Bonchev–Trinajstić information content (AvgIpc) is 2.85. The molecule has 21 heavy (non-hydrogen) atoms. The molecule has 1 heterocycles. The van der Waals surface area contributed by atoms with Crippen LogP contribution in [0.15, 0.2) is 0 Å². The molecule has 5 nitrogen and oxygen atoms in total. The van der Waals surface area contributed by atoms with E-state index in [0.29, 0.717) is 30.3 Å². The van der Waals surface area contributed by atoms with Crippen LogP contribution in [-0.2, 0) is 19.3 Å². The number of nitrogens with one attached hydrogen (secondary N) is 1. The third kappa shape index (κ3) is 5.39. The van der Waals surface area contributed by atoms with Crippen molar-refractivity contribution in [2.45, 2.75) is 49.7 Å². The van der Waals surface area contributed by atoms with Gasteiger partial charge in [-0.25, -0.2) is 8.42 Å². The summed E-state index contributed by atoms with van der Waals surface area (Å²) in [6, 6.07) is 0.424. The van der Waals surface area contributed by atoms with Gasteiger partial charge in [0.15, 0.2) is 5.79 Å². The molecule has 0 amide bonds. The average molecular weight is 338 g/mol. The van der Waals surface area contributed by atoms with Gasteiger partial charge in [-0.3, -0.25) is 0 Å². The smallest absolute Gasteiger partial charge is 0.169 e. The van der Waals surface area contributed by atoms with Crippen LogP contribution in [-0.4, -0.2) is 63.0 Å². The van der Waals surface area contributed by atoms with Gasteiger partial charge in [0.2, 0.25) is 0 Å². The summed E-state index contributed by atoms with van der Waals surface area (Å²) in [6.07, 6.45) is 5.21. The molecular weight excluding hydrogens is 310 g/mol. The van der Waals surface area contributed by atoms with Crippen LogP contribution in [0, 0.1) is 0 Å². The fourth-order valence-corrected chi connectivity index (χ4v) is 5.70. The first-order valence-corrected chi connectivity index (χ1v) is 10.9. The van der Waals surface area contributed by atoms with Gasteiger partial charge < -0.3 is 14.8 Å². The summed E-state index contributed by atoms with van der Waals surface area (Å²) < 4.78 is 34.3. The van der Waals surface area contributed by atoms with Gasteiger partial charge in [0.1, 0.15) is 9.84 Å². The van der Waals surface area contributed by atoms with Gasteiger partial charge >= 0.3 is 0 Å². The van der Waals surface area contributed by atoms with E-state index in [1.807, 2.05) is 0 Å². The van der Waals surface area contributed by atoms with E-state index in [9.17, 15) is 8.42 Å². The quantitative estimate of drug-likeness (QED) is 0.758. The third-order valence-corrected chi connectivity index (χ3v) is 6.62. The number of hydrogen-bond acceptors (Lipinski definition) is 6. The van der Waals surface area contributed by atoms with Crippen LogP contribution in [0.25, 0.3) is 0 Å². The van der Waals surface area contributed by atoms with Crippen LogP contribution in [0.5, 0.6) is 0 Å². The lowest BCUT2D eigenvalue weighted by molar-refractivity contribution is -0.178. The Labute approximate surface area is 132 Å². The van der Waals surface area contributed by atoms with Crippen molar-refractivity contribution in [1.29, 1.82) is 0 Å². The number of ether oxygens (including phenoxy) is 2. The van der Waals surface area contributed by atoms with Crippen molar-refractivity contribution in [3.8, 4) is 0 Å². The molecule has 2 fully saturated rings. The number of thioether (sulfide) groups is 1. The maximum atomic E-state index is 11.3. The molecule has 0 aromatic carbocycles. The monoisotopic (exact) mass is 337 g/mol. The minimum absolute atomic E-state index is 0.239. The zero-order valence-corrected chi connectivity index (χ0v) is 14.6. The summed E-state index contributed by atoms with van der Waals surface area (Å²) in [5.41, 5.74) is 0. The zero-order valence-electron chi connectivity index (χ0n) is 13.0. The van der Waals surface area contributed by atoms with Crippen LogP contribution < -0.4 is 5.32 Å². The molecule has 1 saturated heterocycles. The summed E-state index contributed by atoms with van der Waals surface area (Å²) in [4.78, 5) is 0. The summed E-state index contributed by atoms with van der Waals surface area (Å²) in [7, 11) is -2.89. The highest BCUT2D eigenvalue weighted by molar-refractivity contribution is 8.01. The Morgan fingerprint density at radius 3 is 2.67 bits per heavy atom. The Hall–Kier alpha value is 0.180. The summed E-state index contributed by atoms with van der Waals surface area (Å²) in [5, 5.41) is 3.95. The topological polar surface area (TPSA) is 64.6 Å². The maximum Gasteiger partial charge on any atom is 0.169 e. The molecule has 1 spiro atoms. The molecule has 0 radical (unpaired) electrons. The molecule has 1 aliphatic carbocycles. The first-order valence-electron chi connectivity index (χ1n) is 7.75. The van der Waals surface area contributed by atoms with E-state index >= 15 is 0 Å². The molecule has 1 N–H and O–H groups in total. The van der Waals surface area contributed by atoms with Crippen LogP contribution in [0.1, 0.15) is 32.6 Å². The second kappa shape index (κ2) is 7.64. The Bertz CT molecular complexity index is 421. The molecule has 2 atom stereocenters. The van der Waals surface area contributed by atoms with Crippen molar-refractivity contribution < 1.29 is 17.9 Å². The van der Waals surface area contributed by atoms with E-state index < -0.39 is 15.6 Å². The molecule has 2 aliphatic rings. The molecule has 7 heteroatoms. The van der Waals surface area contributed by atoms with Crippen molar-refractivity contribution in [1.82, 2.24) is 5.32 Å².